The Kier molecular flexibility index (Phi) is 21.1. The van der Waals surface area contributed by atoms with Crippen LogP contribution in [0.5, 0.6) is 0 Å². The molecule has 1 heterocycles. The lowest BCUT2D eigenvalue weighted by atomic mass is 10.0. The summed E-state index contributed by atoms with van der Waals surface area (Å²) in [5, 5.41) is 10.2. The van der Waals surface area contributed by atoms with Crippen LogP contribution in [0.2, 0.25) is 0 Å². The monoisotopic (exact) mass is 736 g/mol. The SMILES string of the molecule is CC/C=C/C=C/C=C/C=C/C=C/C=C/C=C/C(=O)N(C)C1C(=O)NC(CC(C)C)C(=O)N[C@@H](C)C(=O)N[C@@H](C)C(=O)NC(CCC(N)=O)C(=O)O[C@@H]1C. The van der Waals surface area contributed by atoms with Crippen molar-refractivity contribution in [2.75, 3.05) is 7.05 Å². The molecule has 0 aliphatic carbocycles. The molecule has 14 heteroatoms. The van der Waals surface area contributed by atoms with Gasteiger partial charge in [-0.15, -0.1) is 0 Å². The first-order valence-corrected chi connectivity index (χ1v) is 17.7. The number of carbonyl (C=O) groups excluding carboxylic acids is 7. The molecule has 0 radical (unpaired) electrons. The molecule has 1 aliphatic rings. The molecule has 53 heavy (non-hydrogen) atoms. The lowest BCUT2D eigenvalue weighted by Gasteiger charge is -2.33. The summed E-state index contributed by atoms with van der Waals surface area (Å²) in [7, 11) is 1.34. The van der Waals surface area contributed by atoms with E-state index in [0.29, 0.717) is 0 Å². The number of nitrogens with two attached hydrogens (primary N) is 1. The third-order valence-corrected chi connectivity index (χ3v) is 7.74. The van der Waals surface area contributed by atoms with Crippen molar-refractivity contribution in [1.82, 2.24) is 26.2 Å². The Hall–Kier alpha value is -5.53. The average molecular weight is 737 g/mol. The predicted molar refractivity (Wildman–Crippen MR) is 203 cm³/mol. The van der Waals surface area contributed by atoms with Crippen LogP contribution in [0.15, 0.2) is 85.1 Å². The van der Waals surface area contributed by atoms with Gasteiger partial charge in [0.1, 0.15) is 36.3 Å². The van der Waals surface area contributed by atoms with E-state index in [-0.39, 0.29) is 25.2 Å². The molecule has 6 amide bonds. The van der Waals surface area contributed by atoms with E-state index in [2.05, 4.69) is 34.3 Å². The number of nitrogens with one attached hydrogen (secondary N) is 4. The summed E-state index contributed by atoms with van der Waals surface area (Å²) >= 11 is 0. The molecular formula is C39H56N6O8. The van der Waals surface area contributed by atoms with Crippen LogP contribution in [0.4, 0.5) is 0 Å². The van der Waals surface area contributed by atoms with Crippen LogP contribution in [0.1, 0.15) is 67.2 Å². The minimum absolute atomic E-state index is 0.0746. The van der Waals surface area contributed by atoms with Gasteiger partial charge in [0, 0.05) is 19.5 Å². The maximum atomic E-state index is 13.9. The Labute approximate surface area is 312 Å². The van der Waals surface area contributed by atoms with Crippen molar-refractivity contribution in [3.8, 4) is 0 Å². The first kappa shape index (κ1) is 45.5. The van der Waals surface area contributed by atoms with E-state index in [1.165, 1.54) is 40.0 Å². The van der Waals surface area contributed by atoms with Crippen LogP contribution in [-0.4, -0.2) is 89.7 Å². The minimum Gasteiger partial charge on any atom is -0.458 e. The van der Waals surface area contributed by atoms with E-state index < -0.39 is 77.7 Å². The van der Waals surface area contributed by atoms with Crippen molar-refractivity contribution >= 4 is 41.4 Å². The number of carbonyl (C=O) groups is 7. The number of likely N-dealkylation sites (N-methyl/N-ethyl adjacent to an activating group) is 1. The molecule has 1 aliphatic heterocycles. The number of primary amides is 1. The first-order valence-electron chi connectivity index (χ1n) is 17.7. The fourth-order valence-electron chi connectivity index (χ4n) is 4.86. The molecule has 14 nitrogen and oxygen atoms in total. The normalized spacial score (nSPS) is 24.5. The van der Waals surface area contributed by atoms with Gasteiger partial charge in [0.25, 0.3) is 0 Å². The zero-order valence-corrected chi connectivity index (χ0v) is 31.7. The fraction of sp³-hybridized carbons (Fsp3) is 0.462. The molecule has 3 unspecified atom stereocenters. The molecule has 6 N–H and O–H groups in total. The van der Waals surface area contributed by atoms with Crippen molar-refractivity contribution in [1.29, 1.82) is 0 Å². The molecule has 1 rings (SSSR count). The number of rotatable bonds is 14. The summed E-state index contributed by atoms with van der Waals surface area (Å²) in [6.45, 7) is 9.93. The molecule has 1 fully saturated rings. The van der Waals surface area contributed by atoms with Gasteiger partial charge in [-0.1, -0.05) is 99.8 Å². The van der Waals surface area contributed by atoms with Crippen LogP contribution < -0.4 is 27.0 Å². The van der Waals surface area contributed by atoms with Crippen LogP contribution in [-0.2, 0) is 38.3 Å². The van der Waals surface area contributed by atoms with E-state index in [9.17, 15) is 33.6 Å². The highest BCUT2D eigenvalue weighted by Crippen LogP contribution is 2.14. The summed E-state index contributed by atoms with van der Waals surface area (Å²) < 4.78 is 5.63. The van der Waals surface area contributed by atoms with Gasteiger partial charge in [0.2, 0.25) is 35.4 Å². The Morgan fingerprint density at radius 2 is 1.19 bits per heavy atom. The van der Waals surface area contributed by atoms with Gasteiger partial charge in [0.15, 0.2) is 0 Å². The molecule has 6 atom stereocenters. The summed E-state index contributed by atoms with van der Waals surface area (Å²) in [4.78, 5) is 92.4. The van der Waals surface area contributed by atoms with Gasteiger partial charge in [-0.3, -0.25) is 28.8 Å². The molecule has 290 valence electrons. The van der Waals surface area contributed by atoms with Gasteiger partial charge in [-0.25, -0.2) is 4.79 Å². The van der Waals surface area contributed by atoms with Gasteiger partial charge < -0.3 is 36.6 Å². The topological polar surface area (TPSA) is 206 Å². The van der Waals surface area contributed by atoms with E-state index in [1.807, 2.05) is 56.4 Å². The second-order valence-electron chi connectivity index (χ2n) is 12.9. The Balaban J connectivity index is 3.36. The molecule has 0 saturated carbocycles. The molecule has 0 aromatic heterocycles. The highest BCUT2D eigenvalue weighted by molar-refractivity contribution is 5.97. The number of amides is 6. The van der Waals surface area contributed by atoms with Crippen molar-refractivity contribution in [2.24, 2.45) is 11.7 Å². The predicted octanol–water partition coefficient (Wildman–Crippen LogP) is 2.35. The number of cyclic esters (lactones) is 1. The number of hydrogen-bond acceptors (Lipinski definition) is 8. The van der Waals surface area contributed by atoms with E-state index in [4.69, 9.17) is 10.5 Å². The molecular weight excluding hydrogens is 680 g/mol. The fourth-order valence-corrected chi connectivity index (χ4v) is 4.86. The van der Waals surface area contributed by atoms with Crippen LogP contribution in [0.25, 0.3) is 0 Å². The standard InChI is InChI=1S/C39H56N6O8/c1-8-9-10-11-12-13-14-15-16-17-18-19-20-21-22-33(47)45(7)34-29(6)53-39(52)30(23-24-32(40)46)43-36(49)28(5)41-35(48)27(4)42-37(50)31(25-26(2)3)44-38(34)51/h9-22,26-31,34H,8,23-25H2,1-7H3,(H2,40,46)(H,41,48)(H,42,50)(H,43,49)(H,44,51)/b10-9+,12-11+,14-13+,16-15+,18-17+,20-19+,22-21+/t27-,28-,29+,30?,31?,34?/m0/s1. The minimum atomic E-state index is -1.45. The lowest BCUT2D eigenvalue weighted by molar-refractivity contribution is -0.160. The van der Waals surface area contributed by atoms with E-state index in [1.54, 1.807) is 24.3 Å². The van der Waals surface area contributed by atoms with E-state index in [0.717, 1.165) is 11.3 Å². The molecule has 0 spiro atoms. The number of hydrogen-bond donors (Lipinski definition) is 5. The summed E-state index contributed by atoms with van der Waals surface area (Å²) in [6, 6.07) is -6.20. The van der Waals surface area contributed by atoms with Crippen LogP contribution in [0, 0.1) is 5.92 Å². The third-order valence-electron chi connectivity index (χ3n) is 7.74. The van der Waals surface area contributed by atoms with Gasteiger partial charge >= 0.3 is 5.97 Å². The zero-order chi connectivity index (χ0) is 39.9. The quantitative estimate of drug-likeness (QED) is 0.101. The van der Waals surface area contributed by atoms with Gasteiger partial charge in [-0.2, -0.15) is 0 Å². The summed E-state index contributed by atoms with van der Waals surface area (Å²) in [5.74, 6) is -5.37. The Bertz CT molecular complexity index is 1490. The number of nitrogens with zero attached hydrogens (tertiary/aromatic N) is 1. The maximum absolute atomic E-state index is 13.9. The summed E-state index contributed by atoms with van der Waals surface area (Å²) in [6.07, 6.45) is 24.3. The molecule has 1 saturated heterocycles. The van der Waals surface area contributed by atoms with E-state index >= 15 is 0 Å². The maximum Gasteiger partial charge on any atom is 0.329 e. The van der Waals surface area contributed by atoms with Gasteiger partial charge in [-0.05, 0) is 46.0 Å². The largest absolute Gasteiger partial charge is 0.458 e. The molecule has 0 aromatic carbocycles. The van der Waals surface area contributed by atoms with Gasteiger partial charge in [0.05, 0.1) is 0 Å². The van der Waals surface area contributed by atoms with Crippen molar-refractivity contribution in [3.63, 3.8) is 0 Å². The smallest absolute Gasteiger partial charge is 0.329 e. The number of ether oxygens (including phenoxy) is 1. The highest BCUT2D eigenvalue weighted by atomic mass is 16.5. The second kappa shape index (κ2) is 24.6. The van der Waals surface area contributed by atoms with Crippen LogP contribution >= 0.6 is 0 Å². The van der Waals surface area contributed by atoms with Crippen molar-refractivity contribution in [2.45, 2.75) is 104 Å². The van der Waals surface area contributed by atoms with Crippen molar-refractivity contribution in [3.05, 3.63) is 85.1 Å². The summed E-state index contributed by atoms with van der Waals surface area (Å²) in [5.41, 5.74) is 5.29. The molecule has 0 aromatic rings. The second-order valence-corrected chi connectivity index (χ2v) is 12.9. The third kappa shape index (κ3) is 18.0. The first-order chi connectivity index (χ1) is 25.1. The lowest BCUT2D eigenvalue weighted by Crippen LogP contribution is -2.61. The average Bonchev–Trinajstić information content (AvgIpc) is 3.08. The number of esters is 1. The van der Waals surface area contributed by atoms with Crippen molar-refractivity contribution < 1.29 is 38.3 Å². The highest BCUT2D eigenvalue weighted by Gasteiger charge is 2.38. The number of allylic oxidation sites excluding steroid dienone is 13. The zero-order valence-electron chi connectivity index (χ0n) is 31.7. The Morgan fingerprint density at radius 3 is 1.70 bits per heavy atom. The van der Waals surface area contributed by atoms with Crippen LogP contribution in [0.3, 0.4) is 0 Å². The molecule has 0 bridgehead atoms. The Morgan fingerprint density at radius 1 is 0.717 bits per heavy atom.